The van der Waals surface area contributed by atoms with Gasteiger partial charge in [0, 0.05) is 44.0 Å². The number of benzene rings is 2. The molecule has 0 atom stereocenters. The van der Waals surface area contributed by atoms with Gasteiger partial charge >= 0.3 is 0 Å². The number of carbonyl (C=O) groups is 2. The van der Waals surface area contributed by atoms with E-state index in [2.05, 4.69) is 18.7 Å². The number of carbonyl (C=O) groups excluding carboxylic acids is 2. The highest BCUT2D eigenvalue weighted by atomic mass is 19.1. The summed E-state index contributed by atoms with van der Waals surface area (Å²) in [5, 5.41) is 0. The molecular formula is C24H28FN3O2. The van der Waals surface area contributed by atoms with E-state index in [0.29, 0.717) is 18.0 Å². The monoisotopic (exact) mass is 409 g/mol. The Labute approximate surface area is 177 Å². The van der Waals surface area contributed by atoms with Crippen molar-refractivity contribution in [1.82, 2.24) is 9.80 Å². The Bertz CT molecular complexity index is 951. The highest BCUT2D eigenvalue weighted by Crippen LogP contribution is 2.31. The number of piperazine rings is 1. The normalized spacial score (nSPS) is 17.0. The third-order valence-corrected chi connectivity index (χ3v) is 5.77. The Hall–Kier alpha value is -2.73. The van der Waals surface area contributed by atoms with Crippen molar-refractivity contribution in [2.45, 2.75) is 26.8 Å². The molecule has 4 rings (SSSR count). The average Bonchev–Trinajstić information content (AvgIpc) is 3.02. The van der Waals surface area contributed by atoms with E-state index in [1.807, 2.05) is 23.1 Å². The number of hydrogen-bond acceptors (Lipinski definition) is 3. The standard InChI is InChI=1S/C24H28FN3O2/c1-17(2)15-26-8-10-27(11-9-26)24(30)19-6-7-22-20(13-19)14-23(29)28(22)16-18-4-3-5-21(25)12-18/h3-7,12-13,17H,8-11,14-16H2,1-2H3. The van der Waals surface area contributed by atoms with Crippen LogP contribution in [0.2, 0.25) is 0 Å². The largest absolute Gasteiger partial charge is 0.336 e. The molecule has 0 N–H and O–H groups in total. The fourth-order valence-corrected chi connectivity index (χ4v) is 4.34. The number of amides is 2. The maximum Gasteiger partial charge on any atom is 0.253 e. The summed E-state index contributed by atoms with van der Waals surface area (Å²) >= 11 is 0. The molecule has 2 aromatic rings. The number of hydrogen-bond donors (Lipinski definition) is 0. The molecule has 2 heterocycles. The predicted octanol–water partition coefficient (Wildman–Crippen LogP) is 3.33. The fraction of sp³-hybridized carbons (Fsp3) is 0.417. The molecule has 6 heteroatoms. The average molecular weight is 410 g/mol. The van der Waals surface area contributed by atoms with Gasteiger partial charge in [0.2, 0.25) is 5.91 Å². The highest BCUT2D eigenvalue weighted by Gasteiger charge is 2.29. The van der Waals surface area contributed by atoms with Crippen LogP contribution in [-0.4, -0.2) is 54.3 Å². The van der Waals surface area contributed by atoms with Crippen molar-refractivity contribution >= 4 is 17.5 Å². The second-order valence-corrected chi connectivity index (χ2v) is 8.62. The van der Waals surface area contributed by atoms with Crippen molar-refractivity contribution in [3.63, 3.8) is 0 Å². The zero-order chi connectivity index (χ0) is 21.3. The second kappa shape index (κ2) is 8.56. The minimum absolute atomic E-state index is 0.0260. The predicted molar refractivity (Wildman–Crippen MR) is 115 cm³/mol. The van der Waals surface area contributed by atoms with Crippen LogP contribution in [0.5, 0.6) is 0 Å². The summed E-state index contributed by atoms with van der Waals surface area (Å²) in [6.07, 6.45) is 0.272. The number of anilines is 1. The van der Waals surface area contributed by atoms with Crippen LogP contribution in [-0.2, 0) is 17.8 Å². The van der Waals surface area contributed by atoms with Crippen molar-refractivity contribution in [2.75, 3.05) is 37.6 Å². The van der Waals surface area contributed by atoms with Crippen molar-refractivity contribution < 1.29 is 14.0 Å². The third-order valence-electron chi connectivity index (χ3n) is 5.77. The quantitative estimate of drug-likeness (QED) is 0.761. The summed E-state index contributed by atoms with van der Waals surface area (Å²) in [5.41, 5.74) is 3.05. The molecule has 0 unspecified atom stereocenters. The van der Waals surface area contributed by atoms with Crippen LogP contribution in [0.3, 0.4) is 0 Å². The molecule has 158 valence electrons. The van der Waals surface area contributed by atoms with Gasteiger partial charge in [0.05, 0.1) is 13.0 Å². The van der Waals surface area contributed by atoms with E-state index < -0.39 is 0 Å². The maximum atomic E-state index is 13.5. The minimum atomic E-state index is -0.311. The molecule has 2 aliphatic heterocycles. The number of rotatable bonds is 5. The van der Waals surface area contributed by atoms with Gasteiger partial charge in [0.1, 0.15) is 5.82 Å². The molecule has 0 radical (unpaired) electrons. The summed E-state index contributed by atoms with van der Waals surface area (Å²) in [5.74, 6) is 0.310. The van der Waals surface area contributed by atoms with Gasteiger partial charge in [-0.25, -0.2) is 4.39 Å². The first-order valence-corrected chi connectivity index (χ1v) is 10.6. The van der Waals surface area contributed by atoms with Crippen molar-refractivity contribution in [3.8, 4) is 0 Å². The van der Waals surface area contributed by atoms with E-state index in [4.69, 9.17) is 0 Å². The Kier molecular flexibility index (Phi) is 5.86. The minimum Gasteiger partial charge on any atom is -0.336 e. The number of halogens is 1. The van der Waals surface area contributed by atoms with Gasteiger partial charge in [-0.15, -0.1) is 0 Å². The molecular weight excluding hydrogens is 381 g/mol. The van der Waals surface area contributed by atoms with Crippen LogP contribution < -0.4 is 4.90 Å². The van der Waals surface area contributed by atoms with E-state index >= 15 is 0 Å². The summed E-state index contributed by atoms with van der Waals surface area (Å²) < 4.78 is 13.5. The Morgan fingerprint density at radius 2 is 1.83 bits per heavy atom. The van der Waals surface area contributed by atoms with Crippen molar-refractivity contribution in [1.29, 1.82) is 0 Å². The lowest BCUT2D eigenvalue weighted by atomic mass is 10.1. The van der Waals surface area contributed by atoms with E-state index in [0.717, 1.165) is 49.5 Å². The Morgan fingerprint density at radius 3 is 2.53 bits per heavy atom. The van der Waals surface area contributed by atoms with Gasteiger partial charge in [-0.3, -0.25) is 14.5 Å². The van der Waals surface area contributed by atoms with E-state index in [9.17, 15) is 14.0 Å². The highest BCUT2D eigenvalue weighted by molar-refractivity contribution is 6.03. The SMILES string of the molecule is CC(C)CN1CCN(C(=O)c2ccc3c(c2)CC(=O)N3Cc2cccc(F)c2)CC1. The molecule has 1 fully saturated rings. The Morgan fingerprint density at radius 1 is 1.07 bits per heavy atom. The lowest BCUT2D eigenvalue weighted by Gasteiger charge is -2.35. The molecule has 0 bridgehead atoms. The van der Waals surface area contributed by atoms with E-state index in [1.165, 1.54) is 12.1 Å². The molecule has 2 aromatic carbocycles. The van der Waals surface area contributed by atoms with Crippen LogP contribution in [0.1, 0.15) is 35.3 Å². The summed E-state index contributed by atoms with van der Waals surface area (Å²) in [6, 6.07) is 11.8. The van der Waals surface area contributed by atoms with Crippen LogP contribution in [0.4, 0.5) is 10.1 Å². The molecule has 5 nitrogen and oxygen atoms in total. The van der Waals surface area contributed by atoms with Crippen molar-refractivity contribution in [3.05, 3.63) is 65.0 Å². The summed E-state index contributed by atoms with van der Waals surface area (Å²) in [7, 11) is 0. The lowest BCUT2D eigenvalue weighted by molar-refractivity contribution is -0.117. The van der Waals surface area contributed by atoms with Crippen LogP contribution in [0, 0.1) is 11.7 Å². The van der Waals surface area contributed by atoms with Crippen LogP contribution in [0.25, 0.3) is 0 Å². The molecule has 1 saturated heterocycles. The van der Waals surface area contributed by atoms with Gasteiger partial charge in [0.15, 0.2) is 0 Å². The summed E-state index contributed by atoms with van der Waals surface area (Å²) in [4.78, 5) is 31.5. The second-order valence-electron chi connectivity index (χ2n) is 8.62. The molecule has 0 aromatic heterocycles. The van der Waals surface area contributed by atoms with Crippen LogP contribution >= 0.6 is 0 Å². The molecule has 2 amide bonds. The lowest BCUT2D eigenvalue weighted by Crippen LogP contribution is -2.49. The smallest absolute Gasteiger partial charge is 0.253 e. The zero-order valence-corrected chi connectivity index (χ0v) is 17.6. The zero-order valence-electron chi connectivity index (χ0n) is 17.6. The maximum absolute atomic E-state index is 13.5. The molecule has 0 saturated carbocycles. The molecule has 0 aliphatic carbocycles. The first kappa shape index (κ1) is 20.5. The topological polar surface area (TPSA) is 43.9 Å². The van der Waals surface area contributed by atoms with Crippen LogP contribution in [0.15, 0.2) is 42.5 Å². The van der Waals surface area contributed by atoms with E-state index in [-0.39, 0.29) is 24.1 Å². The number of fused-ring (bicyclic) bond motifs is 1. The third kappa shape index (κ3) is 4.38. The molecule has 2 aliphatic rings. The van der Waals surface area contributed by atoms with Gasteiger partial charge in [-0.2, -0.15) is 0 Å². The van der Waals surface area contributed by atoms with Gasteiger partial charge in [-0.05, 0) is 47.4 Å². The fourth-order valence-electron chi connectivity index (χ4n) is 4.34. The van der Waals surface area contributed by atoms with Crippen molar-refractivity contribution in [2.24, 2.45) is 5.92 Å². The van der Waals surface area contributed by atoms with Gasteiger partial charge < -0.3 is 9.80 Å². The first-order chi connectivity index (χ1) is 14.4. The van der Waals surface area contributed by atoms with Gasteiger partial charge in [-0.1, -0.05) is 26.0 Å². The molecule has 0 spiro atoms. The van der Waals surface area contributed by atoms with E-state index in [1.54, 1.807) is 17.0 Å². The molecule has 30 heavy (non-hydrogen) atoms. The number of nitrogens with zero attached hydrogens (tertiary/aromatic N) is 3. The van der Waals surface area contributed by atoms with Gasteiger partial charge in [0.25, 0.3) is 5.91 Å². The Balaban J connectivity index is 1.45. The summed E-state index contributed by atoms with van der Waals surface area (Å²) in [6.45, 7) is 9.06. The first-order valence-electron chi connectivity index (χ1n) is 10.6.